The van der Waals surface area contributed by atoms with Crippen LogP contribution in [0.5, 0.6) is 0 Å². The molecule has 1 N–H and O–H groups in total. The Morgan fingerprint density at radius 3 is 2.80 bits per heavy atom. The summed E-state index contributed by atoms with van der Waals surface area (Å²) in [6.45, 7) is 1.42. The summed E-state index contributed by atoms with van der Waals surface area (Å²) in [5.41, 5.74) is 0. The molecule has 3 heteroatoms. The molecule has 56 valence electrons. The van der Waals surface area contributed by atoms with Gasteiger partial charge in [-0.1, -0.05) is 0 Å². The van der Waals surface area contributed by atoms with E-state index < -0.39 is 5.97 Å². The summed E-state index contributed by atoms with van der Waals surface area (Å²) in [6, 6.07) is 0. The van der Waals surface area contributed by atoms with Crippen molar-refractivity contribution in [2.24, 2.45) is 17.8 Å². The van der Waals surface area contributed by atoms with E-state index in [9.17, 15) is 4.79 Å². The fraction of sp³-hybridized carbons (Fsp3) is 0.857. The second-order valence-corrected chi connectivity index (χ2v) is 3.06. The van der Waals surface area contributed by atoms with Gasteiger partial charge in [-0.25, -0.2) is 0 Å². The van der Waals surface area contributed by atoms with Gasteiger partial charge in [0.2, 0.25) is 0 Å². The van der Waals surface area contributed by atoms with Crippen molar-refractivity contribution in [1.82, 2.24) is 0 Å². The van der Waals surface area contributed by atoms with Crippen LogP contribution in [0.1, 0.15) is 6.42 Å². The molecule has 0 spiro atoms. The van der Waals surface area contributed by atoms with Crippen molar-refractivity contribution < 1.29 is 14.6 Å². The molecule has 0 aromatic carbocycles. The Morgan fingerprint density at radius 1 is 1.50 bits per heavy atom. The molecule has 0 bridgehead atoms. The Balaban J connectivity index is 1.99. The molecule has 3 unspecified atom stereocenters. The van der Waals surface area contributed by atoms with Gasteiger partial charge in [0, 0.05) is 6.61 Å². The van der Waals surface area contributed by atoms with Crippen LogP contribution < -0.4 is 0 Å². The summed E-state index contributed by atoms with van der Waals surface area (Å²) in [4.78, 5) is 10.5. The van der Waals surface area contributed by atoms with Gasteiger partial charge in [0.15, 0.2) is 0 Å². The molecule has 0 aromatic rings. The number of rotatable bonds is 1. The molecule has 2 fully saturated rings. The first-order valence-corrected chi connectivity index (χ1v) is 3.61. The van der Waals surface area contributed by atoms with E-state index in [1.54, 1.807) is 0 Å². The van der Waals surface area contributed by atoms with E-state index in [-0.39, 0.29) is 5.92 Å². The smallest absolute Gasteiger partial charge is 0.307 e. The maximum atomic E-state index is 10.5. The first kappa shape index (κ1) is 6.16. The number of fused-ring (bicyclic) bond motifs is 1. The second-order valence-electron chi connectivity index (χ2n) is 3.06. The molecular formula is C7H10O3. The zero-order valence-electron chi connectivity index (χ0n) is 5.62. The predicted octanol–water partition coefficient (Wildman–Crippen LogP) is 0.354. The Kier molecular flexibility index (Phi) is 1.20. The molecule has 0 aromatic heterocycles. The summed E-state index contributed by atoms with van der Waals surface area (Å²) in [6.07, 6.45) is 0.946. The van der Waals surface area contributed by atoms with E-state index >= 15 is 0 Å². The lowest BCUT2D eigenvalue weighted by Gasteiger charge is -2.07. The number of aliphatic carboxylic acids is 1. The number of hydrogen-bond acceptors (Lipinski definition) is 2. The molecule has 2 rings (SSSR count). The minimum atomic E-state index is -0.638. The highest BCUT2D eigenvalue weighted by atomic mass is 16.5. The Morgan fingerprint density at radius 2 is 2.30 bits per heavy atom. The third-order valence-corrected chi connectivity index (χ3v) is 2.52. The van der Waals surface area contributed by atoms with Crippen molar-refractivity contribution in [1.29, 1.82) is 0 Å². The standard InChI is InChI=1S/C7H10O3/c8-7(9)6-4-1-2-10-3-5(4)6/h4-6H,1-3H2,(H,8,9). The molecule has 1 aliphatic heterocycles. The molecular weight excluding hydrogens is 132 g/mol. The van der Waals surface area contributed by atoms with Gasteiger partial charge in [-0.2, -0.15) is 0 Å². The van der Waals surface area contributed by atoms with E-state index in [1.807, 2.05) is 0 Å². The number of carbonyl (C=O) groups is 1. The molecule has 1 saturated heterocycles. The fourth-order valence-electron chi connectivity index (χ4n) is 1.87. The Bertz CT molecular complexity index is 154. The summed E-state index contributed by atoms with van der Waals surface area (Å²) in [5.74, 6) is 0.0560. The highest BCUT2D eigenvalue weighted by Crippen LogP contribution is 2.50. The van der Waals surface area contributed by atoms with Crippen molar-refractivity contribution in [2.75, 3.05) is 13.2 Å². The molecule has 3 nitrogen and oxygen atoms in total. The van der Waals surface area contributed by atoms with Gasteiger partial charge in [-0.3, -0.25) is 4.79 Å². The first-order valence-electron chi connectivity index (χ1n) is 3.61. The molecule has 1 saturated carbocycles. The second kappa shape index (κ2) is 1.95. The fourth-order valence-corrected chi connectivity index (χ4v) is 1.87. The van der Waals surface area contributed by atoms with Crippen molar-refractivity contribution in [3.8, 4) is 0 Å². The highest BCUT2D eigenvalue weighted by Gasteiger charge is 2.55. The largest absolute Gasteiger partial charge is 0.481 e. The molecule has 10 heavy (non-hydrogen) atoms. The minimum absolute atomic E-state index is 0.0810. The van der Waals surface area contributed by atoms with Crippen molar-refractivity contribution >= 4 is 5.97 Å². The summed E-state index contributed by atoms with van der Waals surface area (Å²) >= 11 is 0. The summed E-state index contributed by atoms with van der Waals surface area (Å²) < 4.78 is 5.14. The van der Waals surface area contributed by atoms with Crippen LogP contribution in [0.15, 0.2) is 0 Å². The van der Waals surface area contributed by atoms with Crippen LogP contribution in [0, 0.1) is 17.8 Å². The molecule has 0 radical (unpaired) electrons. The lowest BCUT2D eigenvalue weighted by Crippen LogP contribution is -2.07. The zero-order chi connectivity index (χ0) is 7.14. The van der Waals surface area contributed by atoms with Crippen LogP contribution in [0.4, 0.5) is 0 Å². The number of carboxylic acid groups (broad SMARTS) is 1. The lowest BCUT2D eigenvalue weighted by molar-refractivity contribution is -0.139. The van der Waals surface area contributed by atoms with Crippen molar-refractivity contribution in [2.45, 2.75) is 6.42 Å². The van der Waals surface area contributed by atoms with Gasteiger partial charge in [0.1, 0.15) is 0 Å². The van der Waals surface area contributed by atoms with Gasteiger partial charge in [-0.15, -0.1) is 0 Å². The Hall–Kier alpha value is -0.570. The van der Waals surface area contributed by atoms with Gasteiger partial charge < -0.3 is 9.84 Å². The van der Waals surface area contributed by atoms with E-state index in [2.05, 4.69) is 0 Å². The van der Waals surface area contributed by atoms with Crippen LogP contribution in [0.25, 0.3) is 0 Å². The molecule has 3 atom stereocenters. The molecule has 1 aliphatic carbocycles. The van der Waals surface area contributed by atoms with Crippen molar-refractivity contribution in [3.63, 3.8) is 0 Å². The number of hydrogen-bond donors (Lipinski definition) is 1. The first-order chi connectivity index (χ1) is 4.80. The van der Waals surface area contributed by atoms with Crippen molar-refractivity contribution in [3.05, 3.63) is 0 Å². The SMILES string of the molecule is O=C(O)C1C2CCOCC21. The normalized spacial score (nSPS) is 44.2. The quantitative estimate of drug-likeness (QED) is 0.574. The third-order valence-electron chi connectivity index (χ3n) is 2.52. The maximum absolute atomic E-state index is 10.5. The number of ether oxygens (including phenoxy) is 1. The molecule has 1 heterocycles. The van der Waals surface area contributed by atoms with Gasteiger partial charge in [-0.05, 0) is 18.3 Å². The van der Waals surface area contributed by atoms with E-state index in [0.717, 1.165) is 13.0 Å². The summed E-state index contributed by atoms with van der Waals surface area (Å²) in [7, 11) is 0. The van der Waals surface area contributed by atoms with Gasteiger partial charge in [0.25, 0.3) is 0 Å². The third kappa shape index (κ3) is 0.736. The monoisotopic (exact) mass is 142 g/mol. The highest BCUT2D eigenvalue weighted by molar-refractivity contribution is 5.74. The van der Waals surface area contributed by atoms with Gasteiger partial charge >= 0.3 is 5.97 Å². The lowest BCUT2D eigenvalue weighted by atomic mass is 10.2. The Labute approximate surface area is 59.0 Å². The molecule has 2 aliphatic rings. The average Bonchev–Trinajstić information content (AvgIpc) is 2.60. The predicted molar refractivity (Wildman–Crippen MR) is 33.5 cm³/mol. The van der Waals surface area contributed by atoms with E-state index in [1.165, 1.54) is 0 Å². The summed E-state index contributed by atoms with van der Waals surface area (Å²) in [5, 5.41) is 8.63. The van der Waals surface area contributed by atoms with Crippen LogP contribution >= 0.6 is 0 Å². The average molecular weight is 142 g/mol. The number of carboxylic acids is 1. The van der Waals surface area contributed by atoms with Crippen LogP contribution in [0.3, 0.4) is 0 Å². The van der Waals surface area contributed by atoms with Crippen LogP contribution in [-0.2, 0) is 9.53 Å². The van der Waals surface area contributed by atoms with Crippen LogP contribution in [-0.4, -0.2) is 24.3 Å². The topological polar surface area (TPSA) is 46.5 Å². The van der Waals surface area contributed by atoms with E-state index in [4.69, 9.17) is 9.84 Å². The van der Waals surface area contributed by atoms with E-state index in [0.29, 0.717) is 18.4 Å². The minimum Gasteiger partial charge on any atom is -0.481 e. The van der Waals surface area contributed by atoms with Crippen LogP contribution in [0.2, 0.25) is 0 Å². The maximum Gasteiger partial charge on any atom is 0.307 e. The molecule has 0 amide bonds. The zero-order valence-corrected chi connectivity index (χ0v) is 5.62. The van der Waals surface area contributed by atoms with Gasteiger partial charge in [0.05, 0.1) is 12.5 Å².